The summed E-state index contributed by atoms with van der Waals surface area (Å²) in [6.45, 7) is 3.94. The van der Waals surface area contributed by atoms with Crippen LogP contribution in [0.2, 0.25) is 0 Å². The Balaban J connectivity index is 1.82. The zero-order valence-corrected chi connectivity index (χ0v) is 13.9. The van der Waals surface area contributed by atoms with E-state index in [-0.39, 0.29) is 12.4 Å². The topological polar surface area (TPSA) is 74.2 Å². The van der Waals surface area contributed by atoms with Crippen LogP contribution in [0.5, 0.6) is 0 Å². The van der Waals surface area contributed by atoms with Gasteiger partial charge >= 0.3 is 6.03 Å². The number of halogens is 1. The van der Waals surface area contributed by atoms with Gasteiger partial charge in [-0.25, -0.2) is 14.2 Å². The molecular formula is C16H20FN3O2S. The van der Waals surface area contributed by atoms with Gasteiger partial charge in [0.2, 0.25) is 0 Å². The molecule has 0 aliphatic carbocycles. The van der Waals surface area contributed by atoms with Crippen molar-refractivity contribution in [2.45, 2.75) is 32.4 Å². The quantitative estimate of drug-likeness (QED) is 0.758. The summed E-state index contributed by atoms with van der Waals surface area (Å²) in [7, 11) is 0. The van der Waals surface area contributed by atoms with Crippen LogP contribution in [-0.2, 0) is 18.6 Å². The van der Waals surface area contributed by atoms with Crippen LogP contribution < -0.4 is 10.6 Å². The number of rotatable bonds is 6. The lowest BCUT2D eigenvalue weighted by Crippen LogP contribution is -2.43. The molecule has 0 saturated carbocycles. The highest BCUT2D eigenvalue weighted by molar-refractivity contribution is 7.09. The minimum absolute atomic E-state index is 0.0156. The summed E-state index contributed by atoms with van der Waals surface area (Å²) in [5.74, 6) is -0.370. The zero-order valence-electron chi connectivity index (χ0n) is 13.1. The molecule has 0 bridgehead atoms. The lowest BCUT2D eigenvalue weighted by Gasteiger charge is -2.24. The third kappa shape index (κ3) is 5.01. The Bertz CT molecular complexity index is 656. The number of aryl methyl sites for hydroxylation is 1. The number of aliphatic hydroxyl groups is 1. The van der Waals surface area contributed by atoms with E-state index < -0.39 is 11.6 Å². The van der Waals surface area contributed by atoms with Gasteiger partial charge in [0.05, 0.1) is 23.8 Å². The number of hydrogen-bond acceptors (Lipinski definition) is 4. The van der Waals surface area contributed by atoms with Crippen molar-refractivity contribution in [1.29, 1.82) is 0 Å². The van der Waals surface area contributed by atoms with Crippen molar-refractivity contribution in [2.75, 3.05) is 6.54 Å². The second-order valence-electron chi connectivity index (χ2n) is 5.40. The maximum Gasteiger partial charge on any atom is 0.315 e. The number of amides is 2. The second-order valence-corrected chi connectivity index (χ2v) is 6.35. The first-order valence-corrected chi connectivity index (χ1v) is 8.22. The summed E-state index contributed by atoms with van der Waals surface area (Å²) in [5.41, 5.74) is 0.0692. The maximum absolute atomic E-state index is 12.9. The Labute approximate surface area is 138 Å². The van der Waals surface area contributed by atoms with Crippen LogP contribution in [-0.4, -0.2) is 22.7 Å². The van der Waals surface area contributed by atoms with Crippen molar-refractivity contribution in [3.05, 3.63) is 51.7 Å². The Morgan fingerprint density at radius 3 is 2.65 bits per heavy atom. The molecule has 2 rings (SSSR count). The molecule has 5 nitrogen and oxygen atoms in total. The van der Waals surface area contributed by atoms with Crippen molar-refractivity contribution in [3.63, 3.8) is 0 Å². The molecule has 7 heteroatoms. The molecule has 1 aromatic heterocycles. The van der Waals surface area contributed by atoms with Gasteiger partial charge in [-0.15, -0.1) is 11.3 Å². The van der Waals surface area contributed by atoms with Gasteiger partial charge in [0.1, 0.15) is 11.4 Å². The minimum Gasteiger partial charge on any atom is -0.384 e. The predicted octanol–water partition coefficient (Wildman–Crippen LogP) is 2.55. The molecule has 0 radical (unpaired) electrons. The number of hydrogen-bond donors (Lipinski definition) is 3. The monoisotopic (exact) mass is 337 g/mol. The van der Waals surface area contributed by atoms with Crippen LogP contribution in [0.25, 0.3) is 0 Å². The summed E-state index contributed by atoms with van der Waals surface area (Å²) < 4.78 is 12.9. The smallest absolute Gasteiger partial charge is 0.315 e. The first kappa shape index (κ1) is 17.4. The van der Waals surface area contributed by atoms with E-state index in [2.05, 4.69) is 15.6 Å². The molecule has 0 fully saturated rings. The number of carbonyl (C=O) groups is 1. The van der Waals surface area contributed by atoms with Crippen LogP contribution in [0, 0.1) is 5.82 Å². The van der Waals surface area contributed by atoms with E-state index in [1.54, 1.807) is 18.3 Å². The fourth-order valence-corrected chi connectivity index (χ4v) is 2.73. The van der Waals surface area contributed by atoms with Gasteiger partial charge in [0.15, 0.2) is 0 Å². The third-order valence-electron chi connectivity index (χ3n) is 3.39. The van der Waals surface area contributed by atoms with Crippen molar-refractivity contribution >= 4 is 17.4 Å². The van der Waals surface area contributed by atoms with Gasteiger partial charge in [-0.1, -0.05) is 19.1 Å². The molecule has 1 atom stereocenters. The number of benzene rings is 1. The van der Waals surface area contributed by atoms with Crippen LogP contribution in [0.4, 0.5) is 9.18 Å². The van der Waals surface area contributed by atoms with Crippen LogP contribution in [0.3, 0.4) is 0 Å². The molecule has 1 unspecified atom stereocenters. The van der Waals surface area contributed by atoms with Crippen molar-refractivity contribution in [1.82, 2.24) is 15.6 Å². The van der Waals surface area contributed by atoms with E-state index in [4.69, 9.17) is 0 Å². The van der Waals surface area contributed by atoms with Gasteiger partial charge in [0, 0.05) is 5.38 Å². The van der Waals surface area contributed by atoms with E-state index in [0.717, 1.165) is 17.1 Å². The molecule has 2 amide bonds. The Morgan fingerprint density at radius 2 is 2.04 bits per heavy atom. The summed E-state index contributed by atoms with van der Waals surface area (Å²) in [5, 5.41) is 18.6. The van der Waals surface area contributed by atoms with E-state index in [1.807, 2.05) is 12.3 Å². The number of thiazole rings is 1. The molecule has 3 N–H and O–H groups in total. The van der Waals surface area contributed by atoms with E-state index in [9.17, 15) is 14.3 Å². The molecule has 124 valence electrons. The lowest BCUT2D eigenvalue weighted by atomic mass is 9.96. The first-order chi connectivity index (χ1) is 10.9. The Morgan fingerprint density at radius 1 is 1.35 bits per heavy atom. The maximum atomic E-state index is 12.9. The molecule has 0 saturated heterocycles. The van der Waals surface area contributed by atoms with E-state index in [0.29, 0.717) is 12.1 Å². The van der Waals surface area contributed by atoms with Crippen molar-refractivity contribution < 1.29 is 14.3 Å². The lowest BCUT2D eigenvalue weighted by molar-refractivity contribution is 0.0593. The van der Waals surface area contributed by atoms with E-state index >= 15 is 0 Å². The van der Waals surface area contributed by atoms with Gasteiger partial charge < -0.3 is 15.7 Å². The molecular weight excluding hydrogens is 317 g/mol. The highest BCUT2D eigenvalue weighted by Gasteiger charge is 2.23. The normalized spacial score (nSPS) is 13.4. The van der Waals surface area contributed by atoms with Gasteiger partial charge in [-0.2, -0.15) is 0 Å². The molecule has 1 aromatic carbocycles. The number of carbonyl (C=O) groups excluding carboxylic acids is 1. The second kappa shape index (κ2) is 7.52. The SMILES string of the molecule is CCc1nc(CNC(=O)NCC(C)(O)c2ccc(F)cc2)cs1. The van der Waals surface area contributed by atoms with Crippen molar-refractivity contribution in [2.24, 2.45) is 0 Å². The summed E-state index contributed by atoms with van der Waals surface area (Å²) in [6.07, 6.45) is 0.872. The molecule has 0 aliphatic heterocycles. The standard InChI is InChI=1S/C16H20FN3O2S/c1-3-14-20-13(9-23-14)8-18-15(21)19-10-16(2,22)11-4-6-12(17)7-5-11/h4-7,9,22H,3,8,10H2,1-2H3,(H2,18,19,21). The number of urea groups is 1. The largest absolute Gasteiger partial charge is 0.384 e. The Hall–Kier alpha value is -1.99. The summed E-state index contributed by atoms with van der Waals surface area (Å²) >= 11 is 1.56. The van der Waals surface area contributed by atoms with Crippen LogP contribution in [0.1, 0.15) is 30.1 Å². The predicted molar refractivity (Wildman–Crippen MR) is 87.7 cm³/mol. The highest BCUT2D eigenvalue weighted by atomic mass is 32.1. The van der Waals surface area contributed by atoms with Crippen molar-refractivity contribution in [3.8, 4) is 0 Å². The molecule has 1 heterocycles. The van der Waals surface area contributed by atoms with Gasteiger partial charge in [0.25, 0.3) is 0 Å². The van der Waals surface area contributed by atoms with Crippen LogP contribution in [0.15, 0.2) is 29.6 Å². The molecule has 0 aliphatic rings. The van der Waals surface area contributed by atoms with E-state index in [1.165, 1.54) is 24.3 Å². The Kier molecular flexibility index (Phi) is 5.68. The third-order valence-corrected chi connectivity index (χ3v) is 4.43. The fraction of sp³-hybridized carbons (Fsp3) is 0.375. The minimum atomic E-state index is -1.28. The number of nitrogens with zero attached hydrogens (tertiary/aromatic N) is 1. The molecule has 2 aromatic rings. The van der Waals surface area contributed by atoms with Gasteiger partial charge in [-0.3, -0.25) is 0 Å². The summed E-state index contributed by atoms with van der Waals surface area (Å²) in [4.78, 5) is 16.2. The fourth-order valence-electron chi connectivity index (χ4n) is 1.99. The number of aromatic nitrogens is 1. The highest BCUT2D eigenvalue weighted by Crippen LogP contribution is 2.19. The average molecular weight is 337 g/mol. The average Bonchev–Trinajstić information content (AvgIpc) is 2.99. The number of nitrogens with one attached hydrogen (secondary N) is 2. The first-order valence-electron chi connectivity index (χ1n) is 7.34. The van der Waals surface area contributed by atoms with Crippen LogP contribution >= 0.6 is 11.3 Å². The van der Waals surface area contributed by atoms with Gasteiger partial charge in [-0.05, 0) is 31.0 Å². The molecule has 23 heavy (non-hydrogen) atoms. The summed E-state index contributed by atoms with van der Waals surface area (Å²) in [6, 6.07) is 5.15. The molecule has 0 spiro atoms. The zero-order chi connectivity index (χ0) is 16.9.